The molecule has 1 aromatic carbocycles. The predicted octanol–water partition coefficient (Wildman–Crippen LogP) is 2.97. The van der Waals surface area contributed by atoms with Crippen molar-refractivity contribution < 1.29 is 19.1 Å². The normalized spacial score (nSPS) is 17.5. The van der Waals surface area contributed by atoms with Crippen LogP contribution in [-0.2, 0) is 12.8 Å². The Labute approximate surface area is 116 Å². The third-order valence-corrected chi connectivity index (χ3v) is 3.78. The van der Waals surface area contributed by atoms with Crippen molar-refractivity contribution in [1.29, 1.82) is 0 Å². The summed E-state index contributed by atoms with van der Waals surface area (Å²) >= 11 is 0. The van der Waals surface area contributed by atoms with E-state index >= 15 is 0 Å². The zero-order valence-electron chi connectivity index (χ0n) is 10.8. The maximum absolute atomic E-state index is 12.4. The Morgan fingerprint density at radius 2 is 1.75 bits per heavy atom. The fraction of sp³-hybridized carbons (Fsp3) is 0.250. The van der Waals surface area contributed by atoms with Crippen molar-refractivity contribution in [3.63, 3.8) is 0 Å². The van der Waals surface area contributed by atoms with Gasteiger partial charge in [-0.25, -0.2) is 4.79 Å². The molecule has 0 spiro atoms. The molecule has 4 heteroatoms. The molecule has 0 fully saturated rings. The number of furan rings is 1. The molecular weight excluding hydrogens is 256 g/mol. The molecule has 0 aliphatic heterocycles. The van der Waals surface area contributed by atoms with Crippen molar-refractivity contribution in [3.8, 4) is 0 Å². The molecule has 1 unspecified atom stereocenters. The topological polar surface area (TPSA) is 67.5 Å². The second-order valence-corrected chi connectivity index (χ2v) is 5.04. The van der Waals surface area contributed by atoms with Gasteiger partial charge in [-0.1, -0.05) is 24.3 Å². The molecule has 0 bridgehead atoms. The monoisotopic (exact) mass is 270 g/mol. The van der Waals surface area contributed by atoms with Crippen LogP contribution < -0.4 is 0 Å². The third kappa shape index (κ3) is 2.25. The van der Waals surface area contributed by atoms with Gasteiger partial charge in [-0.3, -0.25) is 4.79 Å². The average molecular weight is 270 g/mol. The lowest BCUT2D eigenvalue weighted by Crippen LogP contribution is -2.22. The molecule has 1 atom stereocenters. The highest BCUT2D eigenvalue weighted by atomic mass is 16.4. The van der Waals surface area contributed by atoms with E-state index in [0.29, 0.717) is 6.42 Å². The molecule has 4 nitrogen and oxygen atoms in total. The van der Waals surface area contributed by atoms with Crippen LogP contribution in [0.4, 0.5) is 0 Å². The number of rotatable bonds is 3. The molecule has 1 N–H and O–H groups in total. The number of hydrogen-bond acceptors (Lipinski definition) is 3. The van der Waals surface area contributed by atoms with Gasteiger partial charge in [0, 0.05) is 5.92 Å². The van der Waals surface area contributed by atoms with E-state index in [9.17, 15) is 9.59 Å². The smallest absolute Gasteiger partial charge is 0.371 e. The first-order chi connectivity index (χ1) is 9.65. The maximum Gasteiger partial charge on any atom is 0.371 e. The molecule has 0 radical (unpaired) electrons. The number of carboxylic acid groups (broad SMARTS) is 1. The van der Waals surface area contributed by atoms with Gasteiger partial charge < -0.3 is 9.52 Å². The van der Waals surface area contributed by atoms with Crippen molar-refractivity contribution in [2.45, 2.75) is 19.3 Å². The minimum Gasteiger partial charge on any atom is -0.475 e. The maximum atomic E-state index is 12.4. The summed E-state index contributed by atoms with van der Waals surface area (Å²) in [4.78, 5) is 23.1. The second-order valence-electron chi connectivity index (χ2n) is 5.04. The SMILES string of the molecule is O=C(O)c1ccc(C(=O)C2CCc3ccccc3C2)o1. The van der Waals surface area contributed by atoms with Gasteiger partial charge in [0.15, 0.2) is 5.76 Å². The molecule has 1 aliphatic rings. The van der Waals surface area contributed by atoms with Crippen LogP contribution in [0.2, 0.25) is 0 Å². The second kappa shape index (κ2) is 4.96. The number of carbonyl (C=O) groups excluding carboxylic acids is 1. The van der Waals surface area contributed by atoms with Crippen molar-refractivity contribution in [2.75, 3.05) is 0 Å². The number of aryl methyl sites for hydroxylation is 1. The number of fused-ring (bicyclic) bond motifs is 1. The van der Waals surface area contributed by atoms with Gasteiger partial charge in [0.25, 0.3) is 0 Å². The van der Waals surface area contributed by atoms with Crippen LogP contribution in [0.5, 0.6) is 0 Å². The first kappa shape index (κ1) is 12.7. The van der Waals surface area contributed by atoms with Crippen LogP contribution in [0.15, 0.2) is 40.8 Å². The summed E-state index contributed by atoms with van der Waals surface area (Å²) in [6.07, 6.45) is 2.34. The quantitative estimate of drug-likeness (QED) is 0.871. The molecule has 0 saturated carbocycles. The highest BCUT2D eigenvalue weighted by Gasteiger charge is 2.27. The Balaban J connectivity index is 1.80. The number of benzene rings is 1. The summed E-state index contributed by atoms with van der Waals surface area (Å²) < 4.78 is 5.10. The average Bonchev–Trinajstić information content (AvgIpc) is 2.96. The van der Waals surface area contributed by atoms with Crippen molar-refractivity contribution >= 4 is 11.8 Å². The van der Waals surface area contributed by atoms with E-state index in [-0.39, 0.29) is 23.2 Å². The third-order valence-electron chi connectivity index (χ3n) is 3.78. The number of Topliss-reactive ketones (excluding diaryl/α,β-unsaturated/α-hetero) is 1. The zero-order valence-corrected chi connectivity index (χ0v) is 10.8. The lowest BCUT2D eigenvalue weighted by molar-refractivity contribution is 0.0658. The van der Waals surface area contributed by atoms with E-state index in [0.717, 1.165) is 12.8 Å². The van der Waals surface area contributed by atoms with E-state index in [1.165, 1.54) is 23.3 Å². The number of hydrogen-bond donors (Lipinski definition) is 1. The van der Waals surface area contributed by atoms with E-state index < -0.39 is 5.97 Å². The van der Waals surface area contributed by atoms with E-state index in [1.54, 1.807) is 0 Å². The summed E-state index contributed by atoms with van der Waals surface area (Å²) in [5.74, 6) is -1.43. The van der Waals surface area contributed by atoms with Gasteiger partial charge >= 0.3 is 5.97 Å². The Morgan fingerprint density at radius 1 is 1.05 bits per heavy atom. The highest BCUT2D eigenvalue weighted by molar-refractivity contribution is 5.97. The van der Waals surface area contributed by atoms with Gasteiger partial charge in [-0.15, -0.1) is 0 Å². The van der Waals surface area contributed by atoms with Crippen molar-refractivity contribution in [2.24, 2.45) is 5.92 Å². The predicted molar refractivity (Wildman–Crippen MR) is 72.0 cm³/mol. The minimum absolute atomic E-state index is 0.105. The Kier molecular flexibility index (Phi) is 3.14. The molecule has 1 aliphatic carbocycles. The Hall–Kier alpha value is -2.36. The molecule has 1 aromatic heterocycles. The number of ketones is 1. The summed E-state index contributed by atoms with van der Waals surface area (Å²) in [5, 5.41) is 8.82. The van der Waals surface area contributed by atoms with Crippen molar-refractivity contribution in [1.82, 2.24) is 0 Å². The van der Waals surface area contributed by atoms with Crippen LogP contribution >= 0.6 is 0 Å². The lowest BCUT2D eigenvalue weighted by Gasteiger charge is -2.22. The summed E-state index contributed by atoms with van der Waals surface area (Å²) in [6.45, 7) is 0. The first-order valence-electron chi connectivity index (χ1n) is 6.59. The van der Waals surface area contributed by atoms with Crippen LogP contribution in [0.1, 0.15) is 38.7 Å². The molecule has 102 valence electrons. The summed E-state index contributed by atoms with van der Waals surface area (Å²) in [6, 6.07) is 10.9. The first-order valence-corrected chi connectivity index (χ1v) is 6.59. The Bertz CT molecular complexity index is 669. The molecule has 2 aromatic rings. The molecular formula is C16H14O4. The number of carbonyl (C=O) groups is 2. The molecule has 0 amide bonds. The number of aromatic carboxylic acids is 1. The fourth-order valence-electron chi connectivity index (χ4n) is 2.71. The van der Waals surface area contributed by atoms with E-state index in [4.69, 9.17) is 9.52 Å². The fourth-order valence-corrected chi connectivity index (χ4v) is 2.71. The van der Waals surface area contributed by atoms with Gasteiger partial charge in [0.2, 0.25) is 11.5 Å². The molecule has 0 saturated heterocycles. The van der Waals surface area contributed by atoms with Crippen LogP contribution in [0, 0.1) is 5.92 Å². The standard InChI is InChI=1S/C16H14O4/c17-15(13-7-8-14(20-13)16(18)19)12-6-5-10-3-1-2-4-11(10)9-12/h1-4,7-8,12H,5-6,9H2,(H,18,19). The highest BCUT2D eigenvalue weighted by Crippen LogP contribution is 2.28. The summed E-state index contributed by atoms with van der Waals surface area (Å²) in [5.41, 5.74) is 2.49. The van der Waals surface area contributed by atoms with Crippen LogP contribution in [0.25, 0.3) is 0 Å². The number of carboxylic acids is 1. The van der Waals surface area contributed by atoms with Gasteiger partial charge in [0.05, 0.1) is 0 Å². The van der Waals surface area contributed by atoms with Crippen LogP contribution in [0.3, 0.4) is 0 Å². The van der Waals surface area contributed by atoms with Gasteiger partial charge in [0.1, 0.15) is 0 Å². The molecule has 20 heavy (non-hydrogen) atoms. The largest absolute Gasteiger partial charge is 0.475 e. The van der Waals surface area contributed by atoms with E-state index in [2.05, 4.69) is 6.07 Å². The molecule has 3 rings (SSSR count). The minimum atomic E-state index is -1.15. The summed E-state index contributed by atoms with van der Waals surface area (Å²) in [7, 11) is 0. The van der Waals surface area contributed by atoms with Crippen LogP contribution in [-0.4, -0.2) is 16.9 Å². The van der Waals surface area contributed by atoms with Crippen molar-refractivity contribution in [3.05, 3.63) is 59.0 Å². The zero-order chi connectivity index (χ0) is 14.1. The Morgan fingerprint density at radius 3 is 2.45 bits per heavy atom. The van der Waals surface area contributed by atoms with E-state index in [1.807, 2.05) is 18.2 Å². The molecule has 1 heterocycles. The van der Waals surface area contributed by atoms with Gasteiger partial charge in [-0.05, 0) is 42.5 Å². The van der Waals surface area contributed by atoms with Gasteiger partial charge in [-0.2, -0.15) is 0 Å². The lowest BCUT2D eigenvalue weighted by atomic mass is 9.81.